The first kappa shape index (κ1) is 33.5. The van der Waals surface area contributed by atoms with Crippen LogP contribution in [-0.4, -0.2) is 15.0 Å². The fourth-order valence-corrected chi connectivity index (χ4v) is 10.6. The highest BCUT2D eigenvalue weighted by molar-refractivity contribution is 7.26. The van der Waals surface area contributed by atoms with Crippen molar-refractivity contribution in [3.63, 3.8) is 0 Å². The maximum Gasteiger partial charge on any atom is 0.160 e. The van der Waals surface area contributed by atoms with Crippen molar-refractivity contribution in [2.24, 2.45) is 0 Å². The maximum atomic E-state index is 5.39. The van der Waals surface area contributed by atoms with E-state index in [4.69, 9.17) is 9.97 Å². The van der Waals surface area contributed by atoms with E-state index in [1.807, 2.05) is 47.2 Å². The molecule has 0 spiro atoms. The summed E-state index contributed by atoms with van der Waals surface area (Å²) in [5, 5.41) is 5.16. The molecule has 0 amide bonds. The third-order valence-corrected chi connectivity index (χ3v) is 13.4. The summed E-state index contributed by atoms with van der Waals surface area (Å²) in [5.41, 5.74) is 13.0. The highest BCUT2D eigenvalue weighted by Crippen LogP contribution is 2.45. The van der Waals surface area contributed by atoms with Crippen LogP contribution in [0.3, 0.4) is 0 Å². The first-order chi connectivity index (χ1) is 28.1. The molecule has 0 aliphatic carbocycles. The van der Waals surface area contributed by atoms with Gasteiger partial charge in [-0.1, -0.05) is 121 Å². The van der Waals surface area contributed by atoms with Crippen LogP contribution in [0.25, 0.3) is 108 Å². The Labute approximate surface area is 338 Å². The normalized spacial score (nSPS) is 11.6. The van der Waals surface area contributed by atoms with Gasteiger partial charge in [-0.05, 0) is 88.8 Å². The molecule has 57 heavy (non-hydrogen) atoms. The summed E-state index contributed by atoms with van der Waals surface area (Å²) in [5.74, 6) is 0.692. The lowest BCUT2D eigenvalue weighted by Gasteiger charge is -2.14. The van der Waals surface area contributed by atoms with E-state index in [0.29, 0.717) is 5.82 Å². The number of rotatable bonds is 6. The second-order valence-corrected chi connectivity index (χ2v) is 16.6. The largest absolute Gasteiger partial charge is 0.264 e. The molecule has 0 radical (unpaired) electrons. The first-order valence-electron chi connectivity index (χ1n) is 19.1. The van der Waals surface area contributed by atoms with E-state index in [-0.39, 0.29) is 0 Å². The highest BCUT2D eigenvalue weighted by Gasteiger charge is 2.18. The molecule has 0 fully saturated rings. The Balaban J connectivity index is 1.16. The van der Waals surface area contributed by atoms with Crippen molar-refractivity contribution in [3.8, 4) is 67.3 Å². The van der Waals surface area contributed by atoms with Gasteiger partial charge >= 0.3 is 0 Å². The molecule has 11 aromatic rings. The number of thiophene rings is 2. The number of nitrogens with zero attached hydrogens (tertiary/aromatic N) is 3. The molecule has 0 aliphatic rings. The summed E-state index contributed by atoms with van der Waals surface area (Å²) in [6.07, 6.45) is 3.72. The van der Waals surface area contributed by atoms with E-state index >= 15 is 0 Å². The maximum absolute atomic E-state index is 5.39. The van der Waals surface area contributed by atoms with Gasteiger partial charge in [0, 0.05) is 75.0 Å². The van der Waals surface area contributed by atoms with E-state index in [9.17, 15) is 0 Å². The lowest BCUT2D eigenvalue weighted by molar-refractivity contribution is 1.18. The zero-order chi connectivity index (χ0) is 37.9. The van der Waals surface area contributed by atoms with Gasteiger partial charge in [-0.15, -0.1) is 22.7 Å². The molecule has 0 unspecified atom stereocenters. The van der Waals surface area contributed by atoms with Crippen LogP contribution < -0.4 is 0 Å². The molecule has 3 nitrogen and oxygen atoms in total. The molecule has 7 aromatic carbocycles. The second kappa shape index (κ2) is 13.7. The Morgan fingerprint density at radius 1 is 0.386 bits per heavy atom. The highest BCUT2D eigenvalue weighted by atomic mass is 32.1. The fraction of sp³-hybridized carbons (Fsp3) is 0.0192. The van der Waals surface area contributed by atoms with Crippen molar-refractivity contribution in [1.29, 1.82) is 0 Å². The molecule has 4 heterocycles. The van der Waals surface area contributed by atoms with Gasteiger partial charge in [-0.3, -0.25) is 4.98 Å². The standard InChI is InChI=1S/C52H33N3S2/c1-32-26-34(23-24-39(32)35-14-11-25-53-31-35)52-54-46(33-12-3-2-4-13-33)30-47(55-52)38-28-36(40-17-9-19-44-42-15-5-7-21-48(42)56-50(40)44)27-37(29-38)41-18-10-20-45-43-16-6-8-22-49(43)57-51(41)45/h2-31H,1H3. The van der Waals surface area contributed by atoms with Crippen molar-refractivity contribution in [1.82, 2.24) is 15.0 Å². The summed E-state index contributed by atoms with van der Waals surface area (Å²) < 4.78 is 5.17. The third kappa shape index (κ3) is 5.91. The van der Waals surface area contributed by atoms with E-state index in [2.05, 4.69) is 170 Å². The number of fused-ring (bicyclic) bond motifs is 6. The zero-order valence-corrected chi connectivity index (χ0v) is 32.6. The summed E-state index contributed by atoms with van der Waals surface area (Å²) in [6, 6.07) is 61.1. The molecule has 0 saturated heterocycles. The number of benzene rings is 7. The van der Waals surface area contributed by atoms with E-state index in [1.165, 1.54) is 51.5 Å². The van der Waals surface area contributed by atoms with E-state index < -0.39 is 0 Å². The number of hydrogen-bond acceptors (Lipinski definition) is 5. The van der Waals surface area contributed by atoms with Gasteiger partial charge in [0.2, 0.25) is 0 Å². The minimum atomic E-state index is 0.692. The van der Waals surface area contributed by atoms with Crippen LogP contribution in [0, 0.1) is 6.92 Å². The Morgan fingerprint density at radius 2 is 0.947 bits per heavy atom. The zero-order valence-electron chi connectivity index (χ0n) is 31.0. The number of hydrogen-bond donors (Lipinski definition) is 0. The first-order valence-corrected chi connectivity index (χ1v) is 20.7. The predicted octanol–water partition coefficient (Wildman–Crippen LogP) is 14.9. The smallest absolute Gasteiger partial charge is 0.160 e. The number of aromatic nitrogens is 3. The van der Waals surface area contributed by atoms with Gasteiger partial charge in [-0.2, -0.15) is 0 Å². The lowest BCUT2D eigenvalue weighted by Crippen LogP contribution is -1.97. The van der Waals surface area contributed by atoms with Crippen LogP contribution in [0.5, 0.6) is 0 Å². The van der Waals surface area contributed by atoms with Crippen molar-refractivity contribution in [3.05, 3.63) is 188 Å². The van der Waals surface area contributed by atoms with Gasteiger partial charge in [0.15, 0.2) is 5.82 Å². The summed E-state index contributed by atoms with van der Waals surface area (Å²) in [7, 11) is 0. The Kier molecular flexibility index (Phi) is 8.09. The van der Waals surface area contributed by atoms with Crippen molar-refractivity contribution >= 4 is 63.0 Å². The quantitative estimate of drug-likeness (QED) is 0.169. The van der Waals surface area contributed by atoms with Crippen LogP contribution in [0.15, 0.2) is 182 Å². The molecule has 0 saturated carbocycles. The van der Waals surface area contributed by atoms with Crippen molar-refractivity contribution in [2.45, 2.75) is 6.92 Å². The molecular formula is C52H33N3S2. The fourth-order valence-electron chi connectivity index (χ4n) is 8.17. The van der Waals surface area contributed by atoms with Gasteiger partial charge < -0.3 is 0 Å². The van der Waals surface area contributed by atoms with Crippen LogP contribution in [0.2, 0.25) is 0 Å². The average Bonchev–Trinajstić information content (AvgIpc) is 3.85. The summed E-state index contributed by atoms with van der Waals surface area (Å²) in [6.45, 7) is 2.15. The molecule has 268 valence electrons. The molecule has 11 rings (SSSR count). The number of aryl methyl sites for hydroxylation is 1. The molecule has 0 bridgehead atoms. The molecule has 0 atom stereocenters. The molecule has 0 aliphatic heterocycles. The molecular weight excluding hydrogens is 731 g/mol. The molecule has 0 N–H and O–H groups in total. The van der Waals surface area contributed by atoms with Crippen LogP contribution in [-0.2, 0) is 0 Å². The minimum absolute atomic E-state index is 0.692. The minimum Gasteiger partial charge on any atom is -0.264 e. The Bertz CT molecular complexity index is 3180. The van der Waals surface area contributed by atoms with Crippen molar-refractivity contribution < 1.29 is 0 Å². The van der Waals surface area contributed by atoms with Crippen LogP contribution in [0.4, 0.5) is 0 Å². The van der Waals surface area contributed by atoms with Gasteiger partial charge in [0.25, 0.3) is 0 Å². The monoisotopic (exact) mass is 763 g/mol. The summed E-state index contributed by atoms with van der Waals surface area (Å²) in [4.78, 5) is 15.0. The van der Waals surface area contributed by atoms with Gasteiger partial charge in [-0.25, -0.2) is 9.97 Å². The number of pyridine rings is 1. The predicted molar refractivity (Wildman–Crippen MR) is 243 cm³/mol. The average molecular weight is 764 g/mol. The van der Waals surface area contributed by atoms with Gasteiger partial charge in [0.05, 0.1) is 11.4 Å². The Morgan fingerprint density at radius 3 is 1.56 bits per heavy atom. The topological polar surface area (TPSA) is 38.7 Å². The van der Waals surface area contributed by atoms with Crippen LogP contribution >= 0.6 is 22.7 Å². The van der Waals surface area contributed by atoms with E-state index in [0.717, 1.165) is 55.9 Å². The second-order valence-electron chi connectivity index (χ2n) is 14.5. The third-order valence-electron chi connectivity index (χ3n) is 10.9. The van der Waals surface area contributed by atoms with Crippen molar-refractivity contribution in [2.75, 3.05) is 0 Å². The van der Waals surface area contributed by atoms with Crippen LogP contribution in [0.1, 0.15) is 5.56 Å². The molecule has 5 heteroatoms. The Hall–Kier alpha value is -6.79. The SMILES string of the molecule is Cc1cc(-c2nc(-c3ccccc3)cc(-c3cc(-c4cccc5c4sc4ccccc45)cc(-c4cccc5c4sc4ccccc45)c3)n2)ccc1-c1cccnc1. The summed E-state index contributed by atoms with van der Waals surface area (Å²) >= 11 is 3.73. The lowest BCUT2D eigenvalue weighted by atomic mass is 9.93. The van der Waals surface area contributed by atoms with E-state index in [1.54, 1.807) is 0 Å². The van der Waals surface area contributed by atoms with Gasteiger partial charge in [0.1, 0.15) is 0 Å². The molecule has 4 aromatic heterocycles.